The van der Waals surface area contributed by atoms with Crippen molar-refractivity contribution in [2.45, 2.75) is 98.0 Å². The molecular formula is C19H36N4O16. The van der Waals surface area contributed by atoms with E-state index in [1.54, 1.807) is 0 Å². The van der Waals surface area contributed by atoms with E-state index in [1.807, 2.05) is 0 Å². The molecule has 3 heterocycles. The minimum atomic E-state index is -3.13. The Morgan fingerprint density at radius 3 is 1.90 bits per heavy atom. The molecule has 0 aliphatic carbocycles. The van der Waals surface area contributed by atoms with Crippen LogP contribution in [-0.4, -0.2) is 157 Å². The van der Waals surface area contributed by atoms with Crippen LogP contribution in [-0.2, 0) is 28.5 Å². The first-order chi connectivity index (χ1) is 18.1. The third-order valence-corrected chi connectivity index (χ3v) is 7.13. The highest BCUT2D eigenvalue weighted by atomic mass is 17.0. The molecule has 20 nitrogen and oxygen atoms in total. The maximum atomic E-state index is 10.9. The van der Waals surface area contributed by atoms with Crippen LogP contribution in [0.25, 0.3) is 0 Å². The molecule has 0 aromatic carbocycles. The zero-order valence-electron chi connectivity index (χ0n) is 20.6. The van der Waals surface area contributed by atoms with Crippen LogP contribution in [0.1, 0.15) is 6.92 Å². The maximum Gasteiger partial charge on any atom is 0.297 e. The Hall–Kier alpha value is -1.44. The molecule has 0 radical (unpaired) electrons. The Morgan fingerprint density at radius 2 is 1.38 bits per heavy atom. The molecule has 0 saturated carbocycles. The van der Waals surface area contributed by atoms with Crippen molar-refractivity contribution in [2.75, 3.05) is 19.8 Å². The zero-order valence-corrected chi connectivity index (χ0v) is 20.6. The quantitative estimate of drug-likeness (QED) is 0.0689. The predicted octanol–water partition coefficient (Wildman–Crippen LogP) is -7.75. The van der Waals surface area contributed by atoms with Crippen LogP contribution in [0.15, 0.2) is 0 Å². The molecule has 0 amide bonds. The Kier molecular flexibility index (Phi) is 10.0. The third-order valence-electron chi connectivity index (χ3n) is 7.13. The van der Waals surface area contributed by atoms with Crippen molar-refractivity contribution in [2.24, 2.45) is 17.2 Å². The second kappa shape index (κ2) is 12.2. The Bertz CT molecular complexity index is 843. The fraction of sp³-hybridized carbons (Fsp3) is 1.00. The highest BCUT2D eigenvalue weighted by Gasteiger charge is 2.65. The number of hydrogen-bond donors (Lipinski definition) is 11. The van der Waals surface area contributed by atoms with E-state index < -0.39 is 116 Å². The van der Waals surface area contributed by atoms with Gasteiger partial charge < -0.3 is 81.7 Å². The van der Waals surface area contributed by atoms with Gasteiger partial charge in [-0.1, -0.05) is 0 Å². The molecule has 3 rings (SSSR count). The van der Waals surface area contributed by atoms with Crippen molar-refractivity contribution < 1.29 is 74.5 Å². The zero-order chi connectivity index (χ0) is 29.4. The summed E-state index contributed by atoms with van der Waals surface area (Å²) in [5, 5.41) is 91.1. The van der Waals surface area contributed by atoms with Crippen molar-refractivity contribution in [3.63, 3.8) is 0 Å². The molecule has 3 saturated heterocycles. The summed E-state index contributed by atoms with van der Waals surface area (Å²) in [6.45, 7) is -1.69. The van der Waals surface area contributed by atoms with Gasteiger partial charge in [-0.15, -0.1) is 10.1 Å². The van der Waals surface area contributed by atoms with Crippen LogP contribution >= 0.6 is 0 Å². The third kappa shape index (κ3) is 5.83. The molecule has 0 spiro atoms. The first kappa shape index (κ1) is 32.1. The minimum Gasteiger partial charge on any atom is -0.394 e. The number of nitrogens with zero attached hydrogens (tertiary/aromatic N) is 1. The first-order valence-electron chi connectivity index (χ1n) is 11.8. The van der Waals surface area contributed by atoms with Gasteiger partial charge in [0.05, 0.1) is 37.9 Å². The molecule has 0 bridgehead atoms. The SMILES string of the molecule is C[C@]1(CO)O[C@H](OC2[C@@H](CO)O[C@@H](OC3[C@@H](CO)O[C@@H](O)[C@H](N)[C@H]3O)[C@H](N)[C@H]2O)[C@H](N)[C@@H](O)[C@]1(O)O[N+](=O)[O-]. The van der Waals surface area contributed by atoms with Crippen LogP contribution in [0.5, 0.6) is 0 Å². The molecule has 0 aromatic rings. The normalized spacial score (nSPS) is 50.9. The van der Waals surface area contributed by atoms with Crippen LogP contribution in [0.3, 0.4) is 0 Å². The van der Waals surface area contributed by atoms with E-state index in [2.05, 4.69) is 4.84 Å². The molecule has 3 fully saturated rings. The van der Waals surface area contributed by atoms with E-state index in [0.29, 0.717) is 0 Å². The van der Waals surface area contributed by atoms with E-state index in [4.69, 9.17) is 40.9 Å². The van der Waals surface area contributed by atoms with E-state index in [9.17, 15) is 51.0 Å². The second-order valence-corrected chi connectivity index (χ2v) is 9.72. The molecule has 3 aliphatic heterocycles. The van der Waals surface area contributed by atoms with Gasteiger partial charge in [0.25, 0.3) is 10.9 Å². The standard InChI is InChI=1S/C19H36N4O16/c1-18(4-26)19(31,39-23(32)33)14(29)9(22)17(38-18)37-13-6(3-25)35-16(8(21)11(13)28)36-12-5(2-24)34-15(30)7(20)10(12)27/h5-17,24-31H,2-4,20-22H2,1H3/t5-,6-,7-,8-,9-,10-,11-,12?,13?,14-,15-,16+,17+,18-,19+/m1/s1. The molecule has 228 valence electrons. The average Bonchev–Trinajstić information content (AvgIpc) is 2.89. The largest absolute Gasteiger partial charge is 0.394 e. The Labute approximate surface area is 220 Å². The lowest BCUT2D eigenvalue weighted by atomic mass is 9.84. The molecule has 0 aromatic heterocycles. The number of hydrogen-bond acceptors (Lipinski definition) is 19. The maximum absolute atomic E-state index is 10.9. The number of nitrogens with two attached hydrogens (primary N) is 3. The number of aliphatic hydroxyl groups excluding tert-OH is 7. The van der Waals surface area contributed by atoms with Crippen LogP contribution in [0.4, 0.5) is 0 Å². The van der Waals surface area contributed by atoms with Gasteiger partial charge in [0.15, 0.2) is 18.9 Å². The number of aliphatic hydroxyl groups is 8. The average molecular weight is 577 g/mol. The summed E-state index contributed by atoms with van der Waals surface area (Å²) < 4.78 is 27.4. The van der Waals surface area contributed by atoms with Gasteiger partial charge in [0.1, 0.15) is 48.3 Å². The van der Waals surface area contributed by atoms with E-state index in [-0.39, 0.29) is 0 Å². The van der Waals surface area contributed by atoms with Crippen molar-refractivity contribution in [1.82, 2.24) is 0 Å². The van der Waals surface area contributed by atoms with Crippen LogP contribution in [0, 0.1) is 10.1 Å². The number of rotatable bonds is 9. The van der Waals surface area contributed by atoms with Crippen molar-refractivity contribution in [3.05, 3.63) is 10.1 Å². The van der Waals surface area contributed by atoms with Crippen LogP contribution in [0.2, 0.25) is 0 Å². The van der Waals surface area contributed by atoms with Crippen LogP contribution < -0.4 is 17.2 Å². The monoisotopic (exact) mass is 576 g/mol. The fourth-order valence-electron chi connectivity index (χ4n) is 4.63. The Morgan fingerprint density at radius 1 is 0.872 bits per heavy atom. The van der Waals surface area contributed by atoms with Gasteiger partial charge in [0.2, 0.25) is 0 Å². The highest BCUT2D eigenvalue weighted by molar-refractivity contribution is 5.06. The summed E-state index contributed by atoms with van der Waals surface area (Å²) in [5.74, 6) is -3.13. The topological polar surface area (TPSA) is 338 Å². The van der Waals surface area contributed by atoms with Gasteiger partial charge in [-0.25, -0.2) is 0 Å². The summed E-state index contributed by atoms with van der Waals surface area (Å²) in [4.78, 5) is 15.1. The molecule has 14 N–H and O–H groups in total. The first-order valence-corrected chi connectivity index (χ1v) is 11.8. The molecule has 20 heteroatoms. The lowest BCUT2D eigenvalue weighted by Gasteiger charge is -2.53. The second-order valence-electron chi connectivity index (χ2n) is 9.72. The molecule has 15 atom stereocenters. The van der Waals surface area contributed by atoms with Gasteiger partial charge in [-0.2, -0.15) is 0 Å². The van der Waals surface area contributed by atoms with Gasteiger partial charge >= 0.3 is 0 Å². The predicted molar refractivity (Wildman–Crippen MR) is 119 cm³/mol. The van der Waals surface area contributed by atoms with Gasteiger partial charge in [0, 0.05) is 0 Å². The Balaban J connectivity index is 1.78. The minimum absolute atomic E-state index is 0.708. The smallest absolute Gasteiger partial charge is 0.297 e. The molecule has 39 heavy (non-hydrogen) atoms. The van der Waals surface area contributed by atoms with Gasteiger partial charge in [-0.05, 0) is 6.92 Å². The van der Waals surface area contributed by atoms with Crippen molar-refractivity contribution in [3.8, 4) is 0 Å². The molecule has 3 aliphatic rings. The summed E-state index contributed by atoms with van der Waals surface area (Å²) in [6.07, 6.45) is -16.1. The summed E-state index contributed by atoms with van der Waals surface area (Å²) >= 11 is 0. The summed E-state index contributed by atoms with van der Waals surface area (Å²) in [6, 6.07) is -4.56. The van der Waals surface area contributed by atoms with E-state index in [1.165, 1.54) is 0 Å². The van der Waals surface area contributed by atoms with E-state index >= 15 is 0 Å². The van der Waals surface area contributed by atoms with Crippen molar-refractivity contribution in [1.29, 1.82) is 0 Å². The summed E-state index contributed by atoms with van der Waals surface area (Å²) in [5.41, 5.74) is 15.2. The lowest BCUT2D eigenvalue weighted by Crippen LogP contribution is -2.77. The van der Waals surface area contributed by atoms with Gasteiger partial charge in [-0.3, -0.25) is 4.84 Å². The number of ether oxygens (including phenoxy) is 5. The highest BCUT2D eigenvalue weighted by Crippen LogP contribution is 2.40. The lowest BCUT2D eigenvalue weighted by molar-refractivity contribution is -0.808. The van der Waals surface area contributed by atoms with E-state index in [0.717, 1.165) is 6.92 Å². The summed E-state index contributed by atoms with van der Waals surface area (Å²) in [7, 11) is 0. The fourth-order valence-corrected chi connectivity index (χ4v) is 4.63. The molecular weight excluding hydrogens is 540 g/mol. The van der Waals surface area contributed by atoms with Crippen molar-refractivity contribution >= 4 is 0 Å². The molecule has 2 unspecified atom stereocenters.